The summed E-state index contributed by atoms with van der Waals surface area (Å²) in [5.41, 5.74) is 7.98. The fraction of sp³-hybridized carbons (Fsp3) is 0.0952. The van der Waals surface area contributed by atoms with Crippen molar-refractivity contribution in [1.82, 2.24) is 4.98 Å². The Labute approximate surface area is 173 Å². The monoisotopic (exact) mass is 457 g/mol. The fourth-order valence-electron chi connectivity index (χ4n) is 3.34. The summed E-state index contributed by atoms with van der Waals surface area (Å²) in [4.78, 5) is 30.6. The molecular formula is C21H14BrF2N3O2. The molecule has 0 saturated heterocycles. The lowest BCUT2D eigenvalue weighted by Crippen LogP contribution is -2.29. The van der Waals surface area contributed by atoms with Crippen LogP contribution in [-0.4, -0.2) is 16.8 Å². The second kappa shape index (κ2) is 7.46. The van der Waals surface area contributed by atoms with Crippen LogP contribution in [0.2, 0.25) is 0 Å². The lowest BCUT2D eigenvalue weighted by atomic mass is 10.0. The lowest BCUT2D eigenvalue weighted by Gasteiger charge is -2.17. The van der Waals surface area contributed by atoms with Gasteiger partial charge in [0.2, 0.25) is 0 Å². The van der Waals surface area contributed by atoms with Gasteiger partial charge in [0, 0.05) is 10.5 Å². The Morgan fingerprint density at radius 1 is 1.00 bits per heavy atom. The van der Waals surface area contributed by atoms with Crippen LogP contribution >= 0.6 is 15.9 Å². The zero-order valence-electron chi connectivity index (χ0n) is 14.9. The van der Waals surface area contributed by atoms with Crippen LogP contribution in [-0.2, 0) is 6.42 Å². The van der Waals surface area contributed by atoms with Crippen LogP contribution < -0.4 is 10.6 Å². The van der Waals surface area contributed by atoms with Gasteiger partial charge in [-0.3, -0.25) is 14.6 Å². The molecule has 29 heavy (non-hydrogen) atoms. The molecule has 2 N–H and O–H groups in total. The van der Waals surface area contributed by atoms with E-state index in [1.807, 2.05) is 0 Å². The van der Waals surface area contributed by atoms with Crippen molar-refractivity contribution in [2.75, 3.05) is 4.90 Å². The smallest absolute Gasteiger partial charge is 0.266 e. The minimum Gasteiger partial charge on any atom is -0.322 e. The molecule has 0 aliphatic carbocycles. The van der Waals surface area contributed by atoms with Crippen molar-refractivity contribution < 1.29 is 18.4 Å². The molecule has 1 aliphatic heterocycles. The van der Waals surface area contributed by atoms with Crippen LogP contribution in [0.25, 0.3) is 0 Å². The number of halogens is 3. The molecule has 2 aromatic carbocycles. The van der Waals surface area contributed by atoms with Crippen LogP contribution in [0.3, 0.4) is 0 Å². The van der Waals surface area contributed by atoms with Crippen LogP contribution in [0.15, 0.2) is 59.2 Å². The lowest BCUT2D eigenvalue weighted by molar-refractivity contribution is 0.0926. The summed E-state index contributed by atoms with van der Waals surface area (Å²) >= 11 is 3.37. The summed E-state index contributed by atoms with van der Waals surface area (Å²) in [7, 11) is 0. The SMILES string of the molecule is NC(Cc1cc(F)cc(F)c1)c1ncc(N2C(=O)c3ccccc3C2=O)cc1Br. The number of hydrogen-bond acceptors (Lipinski definition) is 4. The molecule has 4 rings (SSSR count). The van der Waals surface area contributed by atoms with E-state index in [0.29, 0.717) is 32.5 Å². The standard InChI is InChI=1S/C21H14BrF2N3O2/c22-17-9-14(27-20(28)15-3-1-2-4-16(15)21(27)29)10-26-19(17)18(25)7-11-5-12(23)8-13(24)6-11/h1-6,8-10,18H,7,25H2. The molecule has 3 aromatic rings. The largest absolute Gasteiger partial charge is 0.322 e. The average Bonchev–Trinajstić information content (AvgIpc) is 2.91. The Morgan fingerprint density at radius 2 is 1.59 bits per heavy atom. The van der Waals surface area contributed by atoms with Gasteiger partial charge >= 0.3 is 0 Å². The number of fused-ring (bicyclic) bond motifs is 1. The predicted octanol–water partition coefficient (Wildman–Crippen LogP) is 4.17. The number of carbonyl (C=O) groups is 2. The summed E-state index contributed by atoms with van der Waals surface area (Å²) in [5.74, 6) is -2.21. The van der Waals surface area contributed by atoms with E-state index in [-0.39, 0.29) is 6.42 Å². The second-order valence-electron chi connectivity index (χ2n) is 6.64. The molecule has 1 aromatic heterocycles. The topological polar surface area (TPSA) is 76.3 Å². The third-order valence-corrected chi connectivity index (χ3v) is 5.27. The first-order valence-electron chi connectivity index (χ1n) is 8.69. The summed E-state index contributed by atoms with van der Waals surface area (Å²) in [6.45, 7) is 0. The Balaban J connectivity index is 1.60. The highest BCUT2D eigenvalue weighted by Gasteiger charge is 2.36. The van der Waals surface area contributed by atoms with Gasteiger partial charge in [-0.25, -0.2) is 13.7 Å². The minimum absolute atomic E-state index is 0.159. The highest BCUT2D eigenvalue weighted by molar-refractivity contribution is 9.10. The molecule has 1 aliphatic rings. The normalized spacial score (nSPS) is 14.3. The van der Waals surface area contributed by atoms with Crippen LogP contribution in [0.4, 0.5) is 14.5 Å². The van der Waals surface area contributed by atoms with Gasteiger partial charge in [0.1, 0.15) is 11.6 Å². The molecular weight excluding hydrogens is 444 g/mol. The Bertz CT molecular complexity index is 1100. The zero-order chi connectivity index (χ0) is 20.7. The number of hydrogen-bond donors (Lipinski definition) is 1. The number of imide groups is 1. The number of benzene rings is 2. The van der Waals surface area contributed by atoms with Gasteiger partial charge in [-0.1, -0.05) is 12.1 Å². The first kappa shape index (κ1) is 19.4. The molecule has 0 saturated carbocycles. The first-order valence-corrected chi connectivity index (χ1v) is 9.48. The molecule has 0 bridgehead atoms. The molecule has 2 heterocycles. The summed E-state index contributed by atoms with van der Waals surface area (Å²) < 4.78 is 27.3. The Kier molecular flexibility index (Phi) is 4.97. The second-order valence-corrected chi connectivity index (χ2v) is 7.49. The highest BCUT2D eigenvalue weighted by atomic mass is 79.9. The van der Waals surface area contributed by atoms with E-state index in [9.17, 15) is 18.4 Å². The number of rotatable bonds is 4. The number of aromatic nitrogens is 1. The predicted molar refractivity (Wildman–Crippen MR) is 107 cm³/mol. The van der Waals surface area contributed by atoms with Crippen molar-refractivity contribution in [1.29, 1.82) is 0 Å². The number of pyridine rings is 1. The third-order valence-electron chi connectivity index (χ3n) is 4.64. The molecule has 0 radical (unpaired) electrons. The molecule has 0 fully saturated rings. The van der Waals surface area contributed by atoms with Gasteiger partial charge in [-0.2, -0.15) is 0 Å². The molecule has 1 unspecified atom stereocenters. The van der Waals surface area contributed by atoms with Crippen molar-refractivity contribution in [2.24, 2.45) is 5.73 Å². The molecule has 1 atom stereocenters. The highest BCUT2D eigenvalue weighted by Crippen LogP contribution is 2.32. The van der Waals surface area contributed by atoms with E-state index in [1.165, 1.54) is 18.3 Å². The summed E-state index contributed by atoms with van der Waals surface area (Å²) in [6, 6.07) is 10.7. The molecule has 5 nitrogen and oxygen atoms in total. The maximum atomic E-state index is 13.4. The van der Waals surface area contributed by atoms with Gasteiger partial charge < -0.3 is 5.73 Å². The zero-order valence-corrected chi connectivity index (χ0v) is 16.5. The van der Waals surface area contributed by atoms with E-state index < -0.39 is 29.5 Å². The van der Waals surface area contributed by atoms with Gasteiger partial charge in [0.05, 0.1) is 34.7 Å². The molecule has 146 valence electrons. The van der Waals surface area contributed by atoms with Gasteiger partial charge in [-0.15, -0.1) is 0 Å². The van der Waals surface area contributed by atoms with Crippen molar-refractivity contribution in [3.63, 3.8) is 0 Å². The Morgan fingerprint density at radius 3 is 2.14 bits per heavy atom. The number of anilines is 1. The van der Waals surface area contributed by atoms with E-state index >= 15 is 0 Å². The molecule has 8 heteroatoms. The number of amides is 2. The third kappa shape index (κ3) is 3.56. The maximum Gasteiger partial charge on any atom is 0.266 e. The van der Waals surface area contributed by atoms with Crippen molar-refractivity contribution in [2.45, 2.75) is 12.5 Å². The molecule has 2 amide bonds. The van der Waals surface area contributed by atoms with Gasteiger partial charge in [0.25, 0.3) is 11.8 Å². The minimum atomic E-state index is -0.680. The van der Waals surface area contributed by atoms with Gasteiger partial charge in [0.15, 0.2) is 0 Å². The summed E-state index contributed by atoms with van der Waals surface area (Å²) in [6.07, 6.45) is 1.54. The van der Waals surface area contributed by atoms with Crippen LogP contribution in [0, 0.1) is 11.6 Å². The van der Waals surface area contributed by atoms with Crippen LogP contribution in [0.5, 0.6) is 0 Å². The van der Waals surface area contributed by atoms with E-state index in [2.05, 4.69) is 20.9 Å². The quantitative estimate of drug-likeness (QED) is 0.596. The number of nitrogens with zero attached hydrogens (tertiary/aromatic N) is 2. The van der Waals surface area contributed by atoms with E-state index in [4.69, 9.17) is 5.73 Å². The van der Waals surface area contributed by atoms with Crippen molar-refractivity contribution in [3.8, 4) is 0 Å². The maximum absolute atomic E-state index is 13.4. The fourth-order valence-corrected chi connectivity index (χ4v) is 3.97. The van der Waals surface area contributed by atoms with E-state index in [1.54, 1.807) is 30.3 Å². The van der Waals surface area contributed by atoms with Crippen molar-refractivity contribution in [3.05, 3.63) is 93.2 Å². The van der Waals surface area contributed by atoms with E-state index in [0.717, 1.165) is 11.0 Å². The number of nitrogens with two attached hydrogens (primary N) is 1. The van der Waals surface area contributed by atoms with Crippen molar-refractivity contribution >= 4 is 33.4 Å². The average molecular weight is 458 g/mol. The number of carbonyl (C=O) groups excluding carboxylic acids is 2. The van der Waals surface area contributed by atoms with Gasteiger partial charge in [-0.05, 0) is 58.2 Å². The Hall–Kier alpha value is -2.97. The van der Waals surface area contributed by atoms with Crippen LogP contribution in [0.1, 0.15) is 38.0 Å². The summed E-state index contributed by atoms with van der Waals surface area (Å²) in [5, 5.41) is 0. The first-order chi connectivity index (χ1) is 13.8. The molecule has 0 spiro atoms.